The number of hydrogen-bond acceptors (Lipinski definition) is 4. The Hall–Kier alpha value is -2.34. The Morgan fingerprint density at radius 2 is 2.03 bits per heavy atom. The molecule has 1 aromatic heterocycles. The van der Waals surface area contributed by atoms with Crippen LogP contribution in [0, 0.1) is 11.3 Å². The summed E-state index contributed by atoms with van der Waals surface area (Å²) in [6.45, 7) is 4.59. The van der Waals surface area contributed by atoms with E-state index in [1.807, 2.05) is 6.92 Å². The van der Waals surface area contributed by atoms with E-state index in [2.05, 4.69) is 4.90 Å². The summed E-state index contributed by atoms with van der Waals surface area (Å²) in [5, 5.41) is 0. The van der Waals surface area contributed by atoms with Crippen LogP contribution in [0.3, 0.4) is 0 Å². The van der Waals surface area contributed by atoms with Crippen LogP contribution in [-0.2, 0) is 17.6 Å². The highest BCUT2D eigenvalue weighted by molar-refractivity contribution is 5.89. The largest absolute Gasteiger partial charge is 0.464 e. The summed E-state index contributed by atoms with van der Waals surface area (Å²) in [7, 11) is 0. The smallest absolute Gasteiger partial charge is 0.191 e. The maximum atomic E-state index is 13.6. The summed E-state index contributed by atoms with van der Waals surface area (Å²) in [6, 6.07) is 0. The first-order chi connectivity index (χ1) is 15.4. The number of halogens is 2. The number of carbonyl (C=O) groups is 1. The van der Waals surface area contributed by atoms with Gasteiger partial charge in [-0.15, -0.1) is 0 Å². The van der Waals surface area contributed by atoms with E-state index < -0.39 is 11.6 Å². The van der Waals surface area contributed by atoms with Gasteiger partial charge in [-0.2, -0.15) is 0 Å². The molecule has 172 valence electrons. The van der Waals surface area contributed by atoms with Crippen LogP contribution in [-0.4, -0.2) is 36.5 Å². The molecule has 0 saturated carbocycles. The van der Waals surface area contributed by atoms with Crippen LogP contribution < -0.4 is 5.43 Å². The number of nitrogens with zero attached hydrogens (tertiary/aromatic N) is 1. The standard InChI is InChI=1S/C26H31F2NO3/c1-26(11-7-20(27)8-12-26)25(31)18-9-14-29(15-10-18)13-3-2-4-19-17-32-23-6-5-21(28)16-22(23)24(19)30/h5-8,11,17-18,21H,2-4,9-10,12-16H2,1H3. The lowest BCUT2D eigenvalue weighted by Crippen LogP contribution is -2.41. The van der Waals surface area contributed by atoms with Gasteiger partial charge in [0.05, 0.1) is 6.26 Å². The maximum Gasteiger partial charge on any atom is 0.191 e. The lowest BCUT2D eigenvalue weighted by Gasteiger charge is -2.35. The van der Waals surface area contributed by atoms with E-state index in [-0.39, 0.29) is 29.4 Å². The lowest BCUT2D eigenvalue weighted by molar-refractivity contribution is -0.131. The van der Waals surface area contributed by atoms with Gasteiger partial charge in [0, 0.05) is 28.9 Å². The summed E-state index contributed by atoms with van der Waals surface area (Å²) in [6.07, 6.45) is 12.6. The summed E-state index contributed by atoms with van der Waals surface area (Å²) in [5.41, 5.74) is 0.396. The van der Waals surface area contributed by atoms with Crippen molar-refractivity contribution in [1.82, 2.24) is 4.90 Å². The van der Waals surface area contributed by atoms with Crippen molar-refractivity contribution in [3.63, 3.8) is 0 Å². The maximum absolute atomic E-state index is 13.6. The van der Waals surface area contributed by atoms with Crippen LogP contribution >= 0.6 is 0 Å². The molecule has 0 spiro atoms. The van der Waals surface area contributed by atoms with Crippen molar-refractivity contribution in [1.29, 1.82) is 0 Å². The van der Waals surface area contributed by atoms with Gasteiger partial charge in [-0.25, -0.2) is 8.78 Å². The normalized spacial score (nSPS) is 26.1. The van der Waals surface area contributed by atoms with Gasteiger partial charge in [0.1, 0.15) is 23.5 Å². The molecule has 0 N–H and O–H groups in total. The van der Waals surface area contributed by atoms with Crippen LogP contribution in [0.5, 0.6) is 0 Å². The summed E-state index contributed by atoms with van der Waals surface area (Å²) in [4.78, 5) is 27.9. The summed E-state index contributed by atoms with van der Waals surface area (Å²) in [5.74, 6) is 0.469. The highest BCUT2D eigenvalue weighted by atomic mass is 19.1. The number of unbranched alkanes of at least 4 members (excludes halogenated alkanes) is 1. The quantitative estimate of drug-likeness (QED) is 0.559. The van der Waals surface area contributed by atoms with Gasteiger partial charge in [0.25, 0.3) is 0 Å². The summed E-state index contributed by atoms with van der Waals surface area (Å²) >= 11 is 0. The number of likely N-dealkylation sites (tertiary alicyclic amines) is 1. The predicted molar refractivity (Wildman–Crippen MR) is 121 cm³/mol. The third kappa shape index (κ3) is 5.01. The predicted octanol–water partition coefficient (Wildman–Crippen LogP) is 4.97. The topological polar surface area (TPSA) is 50.5 Å². The van der Waals surface area contributed by atoms with Crippen molar-refractivity contribution in [3.8, 4) is 0 Å². The second kappa shape index (κ2) is 9.65. The number of fused-ring (bicyclic) bond motifs is 1. The van der Waals surface area contributed by atoms with Crippen LogP contribution in [0.4, 0.5) is 8.78 Å². The number of aryl methyl sites for hydroxylation is 1. The van der Waals surface area contributed by atoms with Gasteiger partial charge in [-0.3, -0.25) is 9.59 Å². The zero-order chi connectivity index (χ0) is 22.7. The van der Waals surface area contributed by atoms with Gasteiger partial charge in [-0.05, 0) is 89.4 Å². The molecule has 0 radical (unpaired) electrons. The van der Waals surface area contributed by atoms with E-state index in [0.717, 1.165) is 45.3 Å². The molecule has 0 amide bonds. The first-order valence-electron chi connectivity index (χ1n) is 11.6. The molecule has 2 unspecified atom stereocenters. The number of hydrogen-bond donors (Lipinski definition) is 0. The number of ketones is 1. The van der Waals surface area contributed by atoms with Crippen molar-refractivity contribution in [2.45, 2.75) is 58.0 Å². The minimum Gasteiger partial charge on any atom is -0.464 e. The highest BCUT2D eigenvalue weighted by Gasteiger charge is 2.37. The number of rotatable bonds is 7. The molecule has 4 rings (SSSR count). The molecule has 1 fully saturated rings. The molecular weight excluding hydrogens is 412 g/mol. The van der Waals surface area contributed by atoms with Crippen LogP contribution in [0.15, 0.2) is 45.6 Å². The number of alkyl halides is 1. The van der Waals surface area contributed by atoms with Gasteiger partial charge >= 0.3 is 0 Å². The van der Waals surface area contributed by atoms with Crippen molar-refractivity contribution >= 4 is 11.9 Å². The Morgan fingerprint density at radius 1 is 1.25 bits per heavy atom. The molecule has 4 nitrogen and oxygen atoms in total. The number of carbonyl (C=O) groups excluding carboxylic acids is 1. The fraction of sp³-hybridized carbons (Fsp3) is 0.538. The SMILES string of the molecule is CC1(C(=O)C2CCN(CCCCc3coc4c(c3=O)CC(F)C=C4)CC2)C=CC(F)=CC1. The zero-order valence-corrected chi connectivity index (χ0v) is 18.6. The van der Waals surface area contributed by atoms with Crippen molar-refractivity contribution in [2.24, 2.45) is 11.3 Å². The Morgan fingerprint density at radius 3 is 2.75 bits per heavy atom. The molecule has 2 heterocycles. The molecule has 2 atom stereocenters. The van der Waals surface area contributed by atoms with E-state index >= 15 is 0 Å². The molecule has 1 aromatic rings. The summed E-state index contributed by atoms with van der Waals surface area (Å²) < 4.78 is 32.4. The van der Waals surface area contributed by atoms with Crippen molar-refractivity contribution in [3.05, 3.63) is 63.5 Å². The second-order valence-electron chi connectivity index (χ2n) is 9.49. The molecule has 0 bridgehead atoms. The van der Waals surface area contributed by atoms with Gasteiger partial charge in [0.2, 0.25) is 0 Å². The number of allylic oxidation sites excluding steroid dienone is 5. The molecule has 3 aliphatic rings. The zero-order valence-electron chi connectivity index (χ0n) is 18.6. The van der Waals surface area contributed by atoms with E-state index in [9.17, 15) is 18.4 Å². The average Bonchev–Trinajstić information content (AvgIpc) is 2.80. The molecular formula is C26H31F2NO3. The second-order valence-corrected chi connectivity index (χ2v) is 9.49. The minimum atomic E-state index is -1.12. The fourth-order valence-corrected chi connectivity index (χ4v) is 4.95. The number of piperidine rings is 1. The Kier molecular flexibility index (Phi) is 6.89. The Balaban J connectivity index is 1.21. The fourth-order valence-electron chi connectivity index (χ4n) is 4.95. The van der Waals surface area contributed by atoms with Gasteiger partial charge in [0.15, 0.2) is 5.43 Å². The minimum absolute atomic E-state index is 0.0315. The third-order valence-corrected chi connectivity index (χ3v) is 7.07. The molecule has 1 aliphatic heterocycles. The Labute approximate surface area is 187 Å². The highest BCUT2D eigenvalue weighted by Crippen LogP contribution is 2.36. The van der Waals surface area contributed by atoms with Crippen LogP contribution in [0.1, 0.15) is 55.9 Å². The van der Waals surface area contributed by atoms with Crippen LogP contribution in [0.25, 0.3) is 6.08 Å². The van der Waals surface area contributed by atoms with Gasteiger partial charge < -0.3 is 9.32 Å². The Bertz CT molecular complexity index is 1000. The average molecular weight is 444 g/mol. The number of Topliss-reactive ketones (excluding diaryl/α,β-unsaturated/α-hetero) is 1. The monoisotopic (exact) mass is 443 g/mol. The van der Waals surface area contributed by atoms with Gasteiger partial charge in [-0.1, -0.05) is 6.08 Å². The first kappa shape index (κ1) is 22.8. The van der Waals surface area contributed by atoms with Crippen LogP contribution in [0.2, 0.25) is 0 Å². The molecule has 6 heteroatoms. The first-order valence-corrected chi connectivity index (χ1v) is 11.6. The molecule has 1 saturated heterocycles. The molecule has 32 heavy (non-hydrogen) atoms. The van der Waals surface area contributed by atoms with Crippen molar-refractivity contribution in [2.75, 3.05) is 19.6 Å². The van der Waals surface area contributed by atoms with E-state index in [0.29, 0.717) is 29.7 Å². The molecule has 0 aromatic carbocycles. The van der Waals surface area contributed by atoms with E-state index in [1.54, 1.807) is 12.2 Å². The molecule has 2 aliphatic carbocycles. The third-order valence-electron chi connectivity index (χ3n) is 7.07. The van der Waals surface area contributed by atoms with Crippen molar-refractivity contribution < 1.29 is 18.0 Å². The van der Waals surface area contributed by atoms with E-state index in [4.69, 9.17) is 4.42 Å². The lowest BCUT2D eigenvalue weighted by atomic mass is 9.72. The van der Waals surface area contributed by atoms with E-state index in [1.165, 1.54) is 24.5 Å².